The van der Waals surface area contributed by atoms with Gasteiger partial charge in [0.25, 0.3) is 0 Å². The summed E-state index contributed by atoms with van der Waals surface area (Å²) in [4.78, 5) is 40.0. The second-order valence-electron chi connectivity index (χ2n) is 14.8. The van der Waals surface area contributed by atoms with Crippen molar-refractivity contribution in [1.82, 2.24) is 4.90 Å². The molecule has 56 heavy (non-hydrogen) atoms. The van der Waals surface area contributed by atoms with Gasteiger partial charge in [-0.15, -0.1) is 0 Å². The van der Waals surface area contributed by atoms with Crippen LogP contribution in [-0.4, -0.2) is 88.6 Å². The molecule has 328 valence electrons. The fourth-order valence-corrected chi connectivity index (χ4v) is 5.94. The van der Waals surface area contributed by atoms with Gasteiger partial charge in [0, 0.05) is 32.6 Å². The predicted molar refractivity (Wildman–Crippen MR) is 228 cm³/mol. The largest absolute Gasteiger partial charge is 0.508 e. The topological polar surface area (TPSA) is 110 Å². The Labute approximate surface area is 343 Å². The molecule has 0 rings (SSSR count). The van der Waals surface area contributed by atoms with E-state index >= 15 is 0 Å². The Morgan fingerprint density at radius 3 is 1.59 bits per heavy atom. The number of ether oxygens (including phenoxy) is 6. The number of hydrogen-bond acceptors (Lipinski definition) is 10. The summed E-state index contributed by atoms with van der Waals surface area (Å²) < 4.78 is 33.7. The molecule has 10 heteroatoms. The first-order valence-corrected chi connectivity index (χ1v) is 22.8. The van der Waals surface area contributed by atoms with E-state index in [4.69, 9.17) is 28.4 Å². The van der Waals surface area contributed by atoms with Crippen LogP contribution in [0, 0.1) is 5.92 Å². The molecule has 0 saturated carbocycles. The first kappa shape index (κ1) is 53.6. The van der Waals surface area contributed by atoms with Crippen molar-refractivity contribution in [2.75, 3.05) is 59.3 Å². The predicted octanol–water partition coefficient (Wildman–Crippen LogP) is 11.7. The van der Waals surface area contributed by atoms with Crippen molar-refractivity contribution in [3.63, 3.8) is 0 Å². The van der Waals surface area contributed by atoms with E-state index in [0.29, 0.717) is 32.5 Å². The van der Waals surface area contributed by atoms with Gasteiger partial charge in [-0.25, -0.2) is 4.79 Å². The summed E-state index contributed by atoms with van der Waals surface area (Å²) in [5, 5.41) is 0. The molecular weight excluding hydrogens is 711 g/mol. The highest BCUT2D eigenvalue weighted by Crippen LogP contribution is 2.13. The molecule has 0 spiro atoms. The molecule has 0 heterocycles. The third-order valence-corrected chi connectivity index (χ3v) is 9.65. The molecule has 10 nitrogen and oxygen atoms in total. The maximum atomic E-state index is 12.8. The van der Waals surface area contributed by atoms with E-state index in [1.807, 2.05) is 0 Å². The molecule has 0 fully saturated rings. The highest BCUT2D eigenvalue weighted by atomic mass is 16.7. The Hall–Kier alpha value is -2.43. The molecule has 0 N–H and O–H groups in total. The minimum absolute atomic E-state index is 0.0218. The van der Waals surface area contributed by atoms with Crippen LogP contribution in [-0.2, 0) is 38.0 Å². The smallest absolute Gasteiger partial charge is 0.465 e. The van der Waals surface area contributed by atoms with Gasteiger partial charge in [-0.1, -0.05) is 130 Å². The fourth-order valence-electron chi connectivity index (χ4n) is 5.94. The molecule has 1 unspecified atom stereocenters. The third-order valence-electron chi connectivity index (χ3n) is 9.65. The van der Waals surface area contributed by atoms with Crippen molar-refractivity contribution >= 4 is 18.1 Å². The Balaban J connectivity index is 4.75. The molecule has 0 aliphatic heterocycles. The zero-order valence-electron chi connectivity index (χ0n) is 36.7. The molecule has 0 amide bonds. The lowest BCUT2D eigenvalue weighted by Gasteiger charge is -2.20. The van der Waals surface area contributed by atoms with Crippen LogP contribution in [0.25, 0.3) is 0 Å². The fraction of sp³-hybridized carbons (Fsp3) is 0.848. The minimum atomic E-state index is -0.785. The molecule has 0 aromatic rings. The van der Waals surface area contributed by atoms with Crippen LogP contribution < -0.4 is 0 Å². The maximum absolute atomic E-state index is 12.8. The summed E-state index contributed by atoms with van der Waals surface area (Å²) >= 11 is 0. The van der Waals surface area contributed by atoms with Gasteiger partial charge in [-0.05, 0) is 70.9 Å². The summed E-state index contributed by atoms with van der Waals surface area (Å²) in [5.74, 6) is -1.23. The van der Waals surface area contributed by atoms with E-state index in [1.54, 1.807) is 0 Å². The number of carbonyl (C=O) groups is 3. The van der Waals surface area contributed by atoms with Gasteiger partial charge < -0.3 is 33.3 Å². The summed E-state index contributed by atoms with van der Waals surface area (Å²) in [6, 6.07) is 0. The van der Waals surface area contributed by atoms with Gasteiger partial charge in [0.1, 0.15) is 19.8 Å². The molecule has 0 aromatic heterocycles. The number of allylic oxidation sites excluding steroid dienone is 4. The molecule has 0 bridgehead atoms. The molecule has 0 aliphatic carbocycles. The van der Waals surface area contributed by atoms with Crippen molar-refractivity contribution in [1.29, 1.82) is 0 Å². The van der Waals surface area contributed by atoms with Crippen LogP contribution in [0.3, 0.4) is 0 Å². The number of nitrogens with zero attached hydrogens (tertiary/aromatic N) is 1. The lowest BCUT2D eigenvalue weighted by atomic mass is 10.1. The SMILES string of the molecule is CCCCC/C=C\C/C=C\CCCCCCCC(=O)OCC(COC(=O)CCC(OCCCCCC)OCCCCCC)COC(=O)OCCCN(CC)CC. The minimum Gasteiger partial charge on any atom is -0.465 e. The van der Waals surface area contributed by atoms with Crippen molar-refractivity contribution in [2.24, 2.45) is 5.92 Å². The van der Waals surface area contributed by atoms with Crippen LogP contribution in [0.4, 0.5) is 4.79 Å². The first-order chi connectivity index (χ1) is 27.4. The Kier molecular flexibility index (Phi) is 40.4. The Bertz CT molecular complexity index is 939. The van der Waals surface area contributed by atoms with E-state index in [1.165, 1.54) is 38.5 Å². The van der Waals surface area contributed by atoms with Crippen LogP contribution in [0.5, 0.6) is 0 Å². The Morgan fingerprint density at radius 1 is 0.500 bits per heavy atom. The highest BCUT2D eigenvalue weighted by molar-refractivity contribution is 5.69. The van der Waals surface area contributed by atoms with Crippen molar-refractivity contribution in [2.45, 2.75) is 189 Å². The number of rotatable bonds is 41. The highest BCUT2D eigenvalue weighted by Gasteiger charge is 2.20. The van der Waals surface area contributed by atoms with Crippen LogP contribution in [0.2, 0.25) is 0 Å². The Morgan fingerprint density at radius 2 is 1.00 bits per heavy atom. The van der Waals surface area contributed by atoms with E-state index in [2.05, 4.69) is 63.8 Å². The van der Waals surface area contributed by atoms with Crippen LogP contribution >= 0.6 is 0 Å². The van der Waals surface area contributed by atoms with E-state index < -0.39 is 24.3 Å². The van der Waals surface area contributed by atoms with Crippen LogP contribution in [0.15, 0.2) is 24.3 Å². The number of hydrogen-bond donors (Lipinski definition) is 0. The van der Waals surface area contributed by atoms with Gasteiger partial charge >= 0.3 is 18.1 Å². The third kappa shape index (κ3) is 37.2. The maximum Gasteiger partial charge on any atom is 0.508 e. The molecule has 0 aliphatic rings. The lowest BCUT2D eigenvalue weighted by molar-refractivity contribution is -0.161. The zero-order chi connectivity index (χ0) is 41.2. The number of esters is 2. The van der Waals surface area contributed by atoms with Gasteiger partial charge in [-0.3, -0.25) is 9.59 Å². The number of unbranched alkanes of at least 4 members (excludes halogenated alkanes) is 14. The molecular formula is C46H85NO9. The summed E-state index contributed by atoms with van der Waals surface area (Å²) in [6.07, 6.45) is 30.4. The monoisotopic (exact) mass is 796 g/mol. The van der Waals surface area contributed by atoms with E-state index in [9.17, 15) is 14.4 Å². The van der Waals surface area contributed by atoms with Crippen LogP contribution in [0.1, 0.15) is 182 Å². The van der Waals surface area contributed by atoms with Gasteiger partial charge in [-0.2, -0.15) is 0 Å². The van der Waals surface area contributed by atoms with Crippen molar-refractivity contribution in [3.05, 3.63) is 24.3 Å². The summed E-state index contributed by atoms with van der Waals surface area (Å²) in [6.45, 7) is 14.8. The number of carbonyl (C=O) groups excluding carboxylic acids is 3. The second kappa shape index (κ2) is 42.2. The van der Waals surface area contributed by atoms with E-state index in [-0.39, 0.29) is 38.8 Å². The molecule has 0 aromatic carbocycles. The average Bonchev–Trinajstić information content (AvgIpc) is 3.20. The standard InChI is InChI=1S/C46H85NO9/c1-6-11-14-17-18-19-20-21-22-23-24-25-26-27-28-32-43(48)54-39-42(41-56-46(50)53-38-31-35-47(9-4)10-5)40-55-44(49)33-34-45(51-36-29-15-12-7-2)52-37-30-16-13-8-3/h18-19,21-22,42,45H,6-17,20,23-41H2,1-5H3/b19-18-,22-21-. The van der Waals surface area contributed by atoms with Gasteiger partial charge in [0.05, 0.1) is 18.9 Å². The molecule has 1 atom stereocenters. The summed E-state index contributed by atoms with van der Waals surface area (Å²) in [7, 11) is 0. The van der Waals surface area contributed by atoms with Gasteiger partial charge in [0.15, 0.2) is 6.29 Å². The normalized spacial score (nSPS) is 12.3. The quantitative estimate of drug-likeness (QED) is 0.0195. The lowest BCUT2D eigenvalue weighted by Crippen LogP contribution is -2.28. The van der Waals surface area contributed by atoms with Gasteiger partial charge in [0.2, 0.25) is 0 Å². The van der Waals surface area contributed by atoms with Crippen molar-refractivity contribution < 1.29 is 42.8 Å². The summed E-state index contributed by atoms with van der Waals surface area (Å²) in [5.41, 5.74) is 0. The first-order valence-electron chi connectivity index (χ1n) is 22.8. The van der Waals surface area contributed by atoms with E-state index in [0.717, 1.165) is 103 Å². The zero-order valence-corrected chi connectivity index (χ0v) is 36.7. The molecule has 0 radical (unpaired) electrons. The molecule has 0 saturated heterocycles. The van der Waals surface area contributed by atoms with Crippen molar-refractivity contribution in [3.8, 4) is 0 Å². The average molecular weight is 796 g/mol. The second-order valence-corrected chi connectivity index (χ2v) is 14.8.